The molecule has 168 valence electrons. The number of aliphatic hydroxyl groups excluding tert-OH is 1. The number of nitrogens with one attached hydrogen (secondary N) is 2. The highest BCUT2D eigenvalue weighted by Crippen LogP contribution is 2.32. The van der Waals surface area contributed by atoms with E-state index >= 15 is 0 Å². The summed E-state index contributed by atoms with van der Waals surface area (Å²) in [5.41, 5.74) is -0.839. The van der Waals surface area contributed by atoms with Crippen molar-refractivity contribution in [3.05, 3.63) is 34.3 Å². The summed E-state index contributed by atoms with van der Waals surface area (Å²) in [4.78, 5) is 43.7. The Morgan fingerprint density at radius 2 is 1.94 bits per heavy atom. The van der Waals surface area contributed by atoms with Gasteiger partial charge < -0.3 is 20.6 Å². The van der Waals surface area contributed by atoms with E-state index in [2.05, 4.69) is 31.6 Å². The molecule has 0 spiro atoms. The summed E-state index contributed by atoms with van der Waals surface area (Å²) in [6.45, 7) is 8.83. The first kappa shape index (κ1) is 23.4. The molecule has 0 bridgehead atoms. The highest BCUT2D eigenvalue weighted by Gasteiger charge is 2.48. The zero-order valence-corrected chi connectivity index (χ0v) is 20.0. The molecule has 0 aliphatic carbocycles. The lowest BCUT2D eigenvalue weighted by Gasteiger charge is -2.36. The summed E-state index contributed by atoms with van der Waals surface area (Å²) in [5, 5.41) is 16.3. The lowest BCUT2D eigenvalue weighted by Crippen LogP contribution is -2.58. The predicted molar refractivity (Wildman–Crippen MR) is 120 cm³/mol. The summed E-state index contributed by atoms with van der Waals surface area (Å²) in [6, 6.07) is 6.03. The maximum atomic E-state index is 13.4. The second-order valence-corrected chi connectivity index (χ2v) is 10.4. The molecule has 1 saturated heterocycles. The number of aliphatic imine (C=N–C) groups is 1. The van der Waals surface area contributed by atoms with Crippen molar-refractivity contribution in [1.29, 1.82) is 0 Å². The van der Waals surface area contributed by atoms with Gasteiger partial charge in [0.2, 0.25) is 11.8 Å². The first-order chi connectivity index (χ1) is 14.3. The molecule has 3 rings (SSSR count). The van der Waals surface area contributed by atoms with Gasteiger partial charge in [0.1, 0.15) is 17.4 Å². The number of amidine groups is 1. The quantitative estimate of drug-likeness (QED) is 0.592. The number of carbonyl (C=O) groups excluding carboxylic acids is 3. The third-order valence-corrected chi connectivity index (χ3v) is 6.32. The molecular weight excluding hydrogens is 464 g/mol. The van der Waals surface area contributed by atoms with E-state index in [0.29, 0.717) is 5.84 Å². The molecule has 2 aliphatic rings. The largest absolute Gasteiger partial charge is 0.391 e. The molecule has 2 aliphatic heterocycles. The third-order valence-electron chi connectivity index (χ3n) is 5.79. The van der Waals surface area contributed by atoms with Crippen molar-refractivity contribution in [3.63, 3.8) is 0 Å². The Bertz CT molecular complexity index is 924. The minimum absolute atomic E-state index is 0.111. The number of rotatable bonds is 4. The van der Waals surface area contributed by atoms with Crippen LogP contribution in [0, 0.1) is 5.41 Å². The number of amides is 3. The van der Waals surface area contributed by atoms with Crippen molar-refractivity contribution in [2.75, 3.05) is 6.54 Å². The standard InChI is InChI=1S/C22H29BrN4O4/c1-12(28)24-17(21(2,3)4)19(30)27-11-15(29)10-16(27)18-25-20(31)22(5,26-18)13-6-8-14(23)9-7-13/h6-9,15-17,29H,10-11H2,1-5H3,(H,24,28)(H,25,26,31)/t15-,16-,17-,22-/m1/s1. The Morgan fingerprint density at radius 3 is 2.48 bits per heavy atom. The highest BCUT2D eigenvalue weighted by atomic mass is 79.9. The summed E-state index contributed by atoms with van der Waals surface area (Å²) < 4.78 is 0.897. The molecule has 0 aromatic heterocycles. The lowest BCUT2D eigenvalue weighted by molar-refractivity contribution is -0.139. The molecule has 9 heteroatoms. The van der Waals surface area contributed by atoms with Gasteiger partial charge >= 0.3 is 0 Å². The molecule has 0 saturated carbocycles. The van der Waals surface area contributed by atoms with Crippen LogP contribution in [0.1, 0.15) is 46.6 Å². The van der Waals surface area contributed by atoms with Crippen molar-refractivity contribution < 1.29 is 19.5 Å². The van der Waals surface area contributed by atoms with E-state index in [1.54, 1.807) is 6.92 Å². The molecule has 0 radical (unpaired) electrons. The first-order valence-corrected chi connectivity index (χ1v) is 11.0. The summed E-state index contributed by atoms with van der Waals surface area (Å²) >= 11 is 3.39. The van der Waals surface area contributed by atoms with E-state index in [0.717, 1.165) is 10.0 Å². The number of likely N-dealkylation sites (tertiary alicyclic amines) is 1. The van der Waals surface area contributed by atoms with Crippen LogP contribution >= 0.6 is 15.9 Å². The molecule has 3 amide bonds. The van der Waals surface area contributed by atoms with E-state index in [1.807, 2.05) is 45.0 Å². The summed E-state index contributed by atoms with van der Waals surface area (Å²) in [6.07, 6.45) is -0.482. The van der Waals surface area contributed by atoms with Crippen molar-refractivity contribution in [2.24, 2.45) is 10.4 Å². The predicted octanol–water partition coefficient (Wildman–Crippen LogP) is 1.71. The summed E-state index contributed by atoms with van der Waals surface area (Å²) in [5.74, 6) is -0.610. The molecule has 1 aromatic carbocycles. The maximum Gasteiger partial charge on any atom is 0.277 e. The molecule has 8 nitrogen and oxygen atoms in total. The van der Waals surface area contributed by atoms with Gasteiger partial charge in [-0.3, -0.25) is 14.4 Å². The molecule has 0 unspecified atom stereocenters. The van der Waals surface area contributed by atoms with Gasteiger partial charge in [0.05, 0.1) is 12.1 Å². The fraction of sp³-hybridized carbons (Fsp3) is 0.545. The summed E-state index contributed by atoms with van der Waals surface area (Å²) in [7, 11) is 0. The van der Waals surface area contributed by atoms with Crippen molar-refractivity contribution in [2.45, 2.75) is 64.8 Å². The van der Waals surface area contributed by atoms with Crippen LogP contribution < -0.4 is 10.6 Å². The SMILES string of the molecule is CC(=O)N[C@H](C(=O)N1C[C@H](O)C[C@@H]1C1=NC(=O)[C@@](C)(c2ccc(Br)cc2)N1)C(C)(C)C. The van der Waals surface area contributed by atoms with E-state index < -0.39 is 29.1 Å². The number of aliphatic hydroxyl groups is 1. The molecular formula is C22H29BrN4O4. The Balaban J connectivity index is 1.88. The number of nitrogens with zero attached hydrogens (tertiary/aromatic N) is 2. The monoisotopic (exact) mass is 492 g/mol. The van der Waals surface area contributed by atoms with Crippen molar-refractivity contribution >= 4 is 39.5 Å². The van der Waals surface area contributed by atoms with Crippen LogP contribution in [0.2, 0.25) is 0 Å². The lowest BCUT2D eigenvalue weighted by atomic mass is 9.85. The number of hydrogen-bond acceptors (Lipinski definition) is 5. The fourth-order valence-corrected chi connectivity index (χ4v) is 4.29. The van der Waals surface area contributed by atoms with E-state index in [-0.39, 0.29) is 30.7 Å². The first-order valence-electron chi connectivity index (χ1n) is 10.3. The average Bonchev–Trinajstić information content (AvgIpc) is 3.19. The molecule has 1 aromatic rings. The van der Waals surface area contributed by atoms with Crippen LogP contribution in [0.4, 0.5) is 0 Å². The Kier molecular flexibility index (Phi) is 6.30. The normalized spacial score (nSPS) is 27.0. The van der Waals surface area contributed by atoms with Gasteiger partial charge in [0.15, 0.2) is 0 Å². The van der Waals surface area contributed by atoms with Gasteiger partial charge in [0.25, 0.3) is 5.91 Å². The topological polar surface area (TPSA) is 111 Å². The Hall–Kier alpha value is -2.26. The average molecular weight is 493 g/mol. The van der Waals surface area contributed by atoms with Crippen LogP contribution in [-0.4, -0.2) is 58.3 Å². The molecule has 3 N–H and O–H groups in total. The fourth-order valence-electron chi connectivity index (χ4n) is 4.03. The van der Waals surface area contributed by atoms with Gasteiger partial charge in [0, 0.05) is 24.4 Å². The van der Waals surface area contributed by atoms with Gasteiger partial charge in [-0.2, -0.15) is 4.99 Å². The van der Waals surface area contributed by atoms with Gasteiger partial charge in [-0.1, -0.05) is 48.8 Å². The Labute approximate surface area is 190 Å². The van der Waals surface area contributed by atoms with E-state index in [4.69, 9.17) is 0 Å². The molecule has 4 atom stereocenters. The molecule has 1 fully saturated rings. The van der Waals surface area contributed by atoms with Crippen LogP contribution in [0.25, 0.3) is 0 Å². The van der Waals surface area contributed by atoms with Gasteiger partial charge in [-0.05, 0) is 30.0 Å². The molecule has 2 heterocycles. The zero-order valence-electron chi connectivity index (χ0n) is 18.4. The second kappa shape index (κ2) is 8.35. The van der Waals surface area contributed by atoms with E-state index in [9.17, 15) is 19.5 Å². The van der Waals surface area contributed by atoms with Crippen LogP contribution in [0.5, 0.6) is 0 Å². The molecule has 31 heavy (non-hydrogen) atoms. The number of hydrogen-bond donors (Lipinski definition) is 3. The number of benzene rings is 1. The van der Waals surface area contributed by atoms with Crippen LogP contribution in [0.15, 0.2) is 33.7 Å². The smallest absolute Gasteiger partial charge is 0.277 e. The van der Waals surface area contributed by atoms with Crippen LogP contribution in [-0.2, 0) is 19.9 Å². The zero-order chi connectivity index (χ0) is 23.1. The number of halogens is 1. The second-order valence-electron chi connectivity index (χ2n) is 9.45. The van der Waals surface area contributed by atoms with Gasteiger partial charge in [-0.15, -0.1) is 0 Å². The van der Waals surface area contributed by atoms with E-state index in [1.165, 1.54) is 11.8 Å². The minimum Gasteiger partial charge on any atom is -0.391 e. The minimum atomic E-state index is -1.06. The number of carbonyl (C=O) groups is 3. The van der Waals surface area contributed by atoms with Crippen molar-refractivity contribution in [3.8, 4) is 0 Å². The third kappa shape index (κ3) is 4.67. The number of β-amino-alcohol motifs (C(OH)–C–C–N with tert-alkyl or cyclic N) is 1. The Morgan fingerprint density at radius 1 is 1.32 bits per heavy atom. The van der Waals surface area contributed by atoms with Crippen molar-refractivity contribution in [1.82, 2.24) is 15.5 Å². The highest BCUT2D eigenvalue weighted by molar-refractivity contribution is 9.10. The maximum absolute atomic E-state index is 13.4. The van der Waals surface area contributed by atoms with Crippen LogP contribution in [0.3, 0.4) is 0 Å². The van der Waals surface area contributed by atoms with Gasteiger partial charge in [-0.25, -0.2) is 0 Å².